The standard InChI is InChI=1S/C20H21F2N5O3S.Na/c1-25(2)31(29,30)24-20(28)16-12-23-27-9-7-14(11-19(16)27)26-8-3-4-18(26)15-10-13(21)5-6-17(15)22;/h5-7,9-12,18H,3-4,8H2,1-2H3,(H,24,28);/q;+1/p-1/t18-;/m1./s1. The van der Waals surface area contributed by atoms with Crippen LogP contribution in [0.25, 0.3) is 10.2 Å². The van der Waals surface area contributed by atoms with Crippen molar-refractivity contribution in [2.75, 3.05) is 25.5 Å². The number of amides is 1. The number of halogens is 2. The zero-order chi connectivity index (χ0) is 22.3. The van der Waals surface area contributed by atoms with E-state index >= 15 is 0 Å². The zero-order valence-corrected chi connectivity index (χ0v) is 20.7. The van der Waals surface area contributed by atoms with Crippen LogP contribution in [0.5, 0.6) is 0 Å². The van der Waals surface area contributed by atoms with Crippen LogP contribution in [0.2, 0.25) is 0 Å². The van der Waals surface area contributed by atoms with Gasteiger partial charge in [-0.05, 0) is 43.2 Å². The molecule has 1 saturated heterocycles. The van der Waals surface area contributed by atoms with E-state index in [1.165, 1.54) is 30.9 Å². The van der Waals surface area contributed by atoms with E-state index in [0.29, 0.717) is 24.2 Å². The first-order chi connectivity index (χ1) is 14.7. The third-order valence-electron chi connectivity index (χ3n) is 5.30. The van der Waals surface area contributed by atoms with Crippen molar-refractivity contribution in [3.05, 3.63) is 70.2 Å². The molecule has 0 spiro atoms. The van der Waals surface area contributed by atoms with Crippen LogP contribution in [-0.2, 0) is 10.2 Å². The fourth-order valence-electron chi connectivity index (χ4n) is 3.72. The van der Waals surface area contributed by atoms with Gasteiger partial charge in [-0.3, -0.25) is 0 Å². The van der Waals surface area contributed by atoms with E-state index in [1.54, 1.807) is 18.3 Å². The maximum absolute atomic E-state index is 14.4. The molecule has 0 unspecified atom stereocenters. The number of anilines is 1. The van der Waals surface area contributed by atoms with Crippen molar-refractivity contribution in [2.24, 2.45) is 0 Å². The first kappa shape index (κ1) is 24.6. The van der Waals surface area contributed by atoms with Crippen molar-refractivity contribution in [3.8, 4) is 0 Å². The van der Waals surface area contributed by atoms with E-state index in [2.05, 4.69) is 9.82 Å². The van der Waals surface area contributed by atoms with Crippen LogP contribution in [0, 0.1) is 11.6 Å². The zero-order valence-electron chi connectivity index (χ0n) is 17.9. The van der Waals surface area contributed by atoms with Crippen molar-refractivity contribution in [2.45, 2.75) is 18.9 Å². The maximum atomic E-state index is 14.4. The molecular formula is C20H20F2N5NaO3S. The molecule has 3 heterocycles. The van der Waals surface area contributed by atoms with E-state index in [-0.39, 0.29) is 46.7 Å². The summed E-state index contributed by atoms with van der Waals surface area (Å²) >= 11 is 0. The molecule has 8 nitrogen and oxygen atoms in total. The van der Waals surface area contributed by atoms with Gasteiger partial charge in [-0.1, -0.05) is 0 Å². The normalized spacial score (nSPS) is 16.4. The molecule has 1 aromatic carbocycles. The van der Waals surface area contributed by atoms with Gasteiger partial charge in [0.15, 0.2) is 10.2 Å². The summed E-state index contributed by atoms with van der Waals surface area (Å²) in [6.45, 7) is 0.619. The van der Waals surface area contributed by atoms with Crippen LogP contribution in [0.4, 0.5) is 14.5 Å². The number of benzene rings is 1. The number of aromatic nitrogens is 2. The van der Waals surface area contributed by atoms with Gasteiger partial charge in [0, 0.05) is 43.7 Å². The average molecular weight is 471 g/mol. The van der Waals surface area contributed by atoms with Crippen LogP contribution < -0.4 is 34.5 Å². The molecule has 3 aromatic rings. The van der Waals surface area contributed by atoms with E-state index in [9.17, 15) is 22.0 Å². The first-order valence-corrected chi connectivity index (χ1v) is 11.0. The summed E-state index contributed by atoms with van der Waals surface area (Å²) in [5.74, 6) is -1.92. The number of fused-ring (bicyclic) bond motifs is 1. The van der Waals surface area contributed by atoms with Crippen molar-refractivity contribution < 1.29 is 51.6 Å². The number of carbonyl (C=O) groups excluding carboxylic acids is 1. The minimum absolute atomic E-state index is 0. The smallest absolute Gasteiger partial charge is 0.528 e. The molecule has 1 fully saturated rings. The Kier molecular flexibility index (Phi) is 7.25. The number of hydrogen-bond donors (Lipinski definition) is 0. The Bertz CT molecular complexity index is 1270. The van der Waals surface area contributed by atoms with Crippen LogP contribution in [-0.4, -0.2) is 48.9 Å². The Balaban J connectivity index is 0.00000289. The quantitative estimate of drug-likeness (QED) is 0.499. The molecule has 0 radical (unpaired) electrons. The van der Waals surface area contributed by atoms with Gasteiger partial charge < -0.3 is 14.4 Å². The van der Waals surface area contributed by atoms with E-state index in [0.717, 1.165) is 22.9 Å². The monoisotopic (exact) mass is 471 g/mol. The fraction of sp³-hybridized carbons (Fsp3) is 0.300. The topological polar surface area (TPSA) is 89.1 Å². The predicted molar refractivity (Wildman–Crippen MR) is 111 cm³/mol. The summed E-state index contributed by atoms with van der Waals surface area (Å²) in [4.78, 5) is 14.4. The second-order valence-electron chi connectivity index (χ2n) is 7.45. The number of hydrogen-bond acceptors (Lipinski definition) is 5. The molecular weight excluding hydrogens is 451 g/mol. The van der Waals surface area contributed by atoms with E-state index in [4.69, 9.17) is 0 Å². The Morgan fingerprint density at radius 3 is 2.69 bits per heavy atom. The molecule has 0 aliphatic carbocycles. The average Bonchev–Trinajstić information content (AvgIpc) is 3.35. The SMILES string of the molecule is CN(C)S(=O)(=O)[N-]C(=O)c1cnn2ccc(N3CCC[C@@H]3c3cc(F)ccc3F)cc12.[Na+]. The molecule has 2 aromatic heterocycles. The third kappa shape index (κ3) is 4.67. The summed E-state index contributed by atoms with van der Waals surface area (Å²) in [6, 6.07) is 6.48. The molecule has 4 rings (SSSR count). The third-order valence-corrected chi connectivity index (χ3v) is 6.62. The Morgan fingerprint density at radius 2 is 1.97 bits per heavy atom. The van der Waals surface area contributed by atoms with Crippen LogP contribution >= 0.6 is 0 Å². The van der Waals surface area contributed by atoms with Crippen molar-refractivity contribution in [1.29, 1.82) is 0 Å². The summed E-state index contributed by atoms with van der Waals surface area (Å²) in [7, 11) is -1.53. The molecule has 1 atom stereocenters. The second-order valence-corrected chi connectivity index (χ2v) is 9.26. The minimum Gasteiger partial charge on any atom is -0.528 e. The Morgan fingerprint density at radius 1 is 1.22 bits per heavy atom. The maximum Gasteiger partial charge on any atom is 1.00 e. The summed E-state index contributed by atoms with van der Waals surface area (Å²) in [6.07, 6.45) is 4.31. The van der Waals surface area contributed by atoms with E-state index < -0.39 is 27.8 Å². The molecule has 12 heteroatoms. The summed E-state index contributed by atoms with van der Waals surface area (Å²) in [5.41, 5.74) is 1.35. The second kappa shape index (κ2) is 9.44. The van der Waals surface area contributed by atoms with Gasteiger partial charge in [0.1, 0.15) is 11.6 Å². The van der Waals surface area contributed by atoms with Gasteiger partial charge in [-0.25, -0.2) is 26.0 Å². The number of pyridine rings is 1. The Hall–Kier alpha value is -2.05. The summed E-state index contributed by atoms with van der Waals surface area (Å²) < 4.78 is 57.6. The Labute approximate surface area is 206 Å². The van der Waals surface area contributed by atoms with Crippen LogP contribution in [0.3, 0.4) is 0 Å². The predicted octanol–water partition coefficient (Wildman–Crippen LogP) is 0.278. The van der Waals surface area contributed by atoms with Crippen LogP contribution in [0.15, 0.2) is 42.7 Å². The number of carbonyl (C=O) groups is 1. The van der Waals surface area contributed by atoms with Gasteiger partial charge in [0.05, 0.1) is 23.7 Å². The van der Waals surface area contributed by atoms with E-state index in [1.807, 2.05) is 4.90 Å². The van der Waals surface area contributed by atoms with Crippen molar-refractivity contribution in [3.63, 3.8) is 0 Å². The van der Waals surface area contributed by atoms with Crippen molar-refractivity contribution in [1.82, 2.24) is 13.9 Å². The summed E-state index contributed by atoms with van der Waals surface area (Å²) in [5, 5.41) is 4.08. The molecule has 1 amide bonds. The number of nitrogens with zero attached hydrogens (tertiary/aromatic N) is 5. The fourth-order valence-corrected chi connectivity index (χ4v) is 4.19. The first-order valence-electron chi connectivity index (χ1n) is 9.56. The largest absolute Gasteiger partial charge is 1.00 e. The minimum atomic E-state index is -4.09. The molecule has 0 bridgehead atoms. The number of rotatable bonds is 5. The van der Waals surface area contributed by atoms with Crippen LogP contribution in [0.1, 0.15) is 34.8 Å². The molecule has 164 valence electrons. The molecule has 1 aliphatic heterocycles. The molecule has 0 saturated carbocycles. The molecule has 1 aliphatic rings. The van der Waals surface area contributed by atoms with Gasteiger partial charge in [0.25, 0.3) is 0 Å². The van der Waals surface area contributed by atoms with Gasteiger partial charge >= 0.3 is 29.6 Å². The molecule has 32 heavy (non-hydrogen) atoms. The van der Waals surface area contributed by atoms with Gasteiger partial charge in [-0.15, -0.1) is 0 Å². The van der Waals surface area contributed by atoms with Gasteiger partial charge in [0.2, 0.25) is 0 Å². The van der Waals surface area contributed by atoms with Crippen molar-refractivity contribution >= 4 is 27.3 Å². The van der Waals surface area contributed by atoms with Gasteiger partial charge in [-0.2, -0.15) is 5.10 Å². The molecule has 0 N–H and O–H groups in total.